The fraction of sp³-hybridized carbons (Fsp3) is 0.438. The zero-order valence-electron chi connectivity index (χ0n) is 12.5. The smallest absolute Gasteiger partial charge is 0.371 e. The standard InChI is InChI=1S/C16H18F3N3O/c17-16(18,19)14-3-1-13(2-4-14)15-11-21(9-10-23-15)7-8-22-6-5-20-12-22/h1-6,12,15H,7-11H2. The normalized spacial score (nSPS) is 19.9. The Morgan fingerprint density at radius 1 is 1.17 bits per heavy atom. The summed E-state index contributed by atoms with van der Waals surface area (Å²) in [5.41, 5.74) is 0.152. The van der Waals surface area contributed by atoms with Crippen LogP contribution in [0.2, 0.25) is 0 Å². The number of rotatable bonds is 4. The first-order valence-electron chi connectivity index (χ1n) is 7.49. The molecule has 2 aromatic rings. The Balaban J connectivity index is 1.59. The number of aromatic nitrogens is 2. The van der Waals surface area contributed by atoms with E-state index in [1.165, 1.54) is 12.1 Å². The van der Waals surface area contributed by atoms with Crippen LogP contribution in [0.15, 0.2) is 43.0 Å². The first kappa shape index (κ1) is 16.0. The van der Waals surface area contributed by atoms with Crippen molar-refractivity contribution in [1.82, 2.24) is 14.5 Å². The molecule has 1 atom stereocenters. The molecule has 0 bridgehead atoms. The summed E-state index contributed by atoms with van der Waals surface area (Å²) in [6.45, 7) is 3.78. The van der Waals surface area contributed by atoms with E-state index in [0.717, 1.165) is 37.3 Å². The van der Waals surface area contributed by atoms with Crippen molar-refractivity contribution in [3.63, 3.8) is 0 Å². The van der Waals surface area contributed by atoms with Gasteiger partial charge in [-0.1, -0.05) is 12.1 Å². The van der Waals surface area contributed by atoms with Crippen molar-refractivity contribution in [3.05, 3.63) is 54.1 Å². The summed E-state index contributed by atoms with van der Waals surface area (Å²) in [6, 6.07) is 5.24. The third-order valence-electron chi connectivity index (χ3n) is 3.99. The lowest BCUT2D eigenvalue weighted by atomic mass is 10.1. The fourth-order valence-corrected chi connectivity index (χ4v) is 2.67. The maximum atomic E-state index is 12.6. The molecule has 7 heteroatoms. The average Bonchev–Trinajstić information content (AvgIpc) is 3.06. The SMILES string of the molecule is FC(F)(F)c1ccc(C2CN(CCn3ccnc3)CCO2)cc1. The molecule has 1 aliphatic rings. The van der Waals surface area contributed by atoms with Gasteiger partial charge in [0.25, 0.3) is 0 Å². The second-order valence-electron chi connectivity index (χ2n) is 5.58. The van der Waals surface area contributed by atoms with E-state index in [1.807, 2.05) is 10.8 Å². The maximum Gasteiger partial charge on any atom is 0.416 e. The summed E-state index contributed by atoms with van der Waals surface area (Å²) in [6.07, 6.45) is 0.933. The summed E-state index contributed by atoms with van der Waals surface area (Å²) in [4.78, 5) is 6.26. The number of morpholine rings is 1. The number of benzene rings is 1. The van der Waals surface area contributed by atoms with Crippen molar-refractivity contribution in [3.8, 4) is 0 Å². The Labute approximate surface area is 132 Å². The minimum atomic E-state index is -4.30. The monoisotopic (exact) mass is 325 g/mol. The topological polar surface area (TPSA) is 30.3 Å². The summed E-state index contributed by atoms with van der Waals surface area (Å²) in [7, 11) is 0. The number of hydrogen-bond donors (Lipinski definition) is 0. The van der Waals surface area contributed by atoms with E-state index in [4.69, 9.17) is 4.74 Å². The van der Waals surface area contributed by atoms with Crippen LogP contribution in [0.25, 0.3) is 0 Å². The van der Waals surface area contributed by atoms with Crippen molar-refractivity contribution in [2.45, 2.75) is 18.8 Å². The van der Waals surface area contributed by atoms with Gasteiger partial charge in [0.2, 0.25) is 0 Å². The number of nitrogens with zero attached hydrogens (tertiary/aromatic N) is 3. The highest BCUT2D eigenvalue weighted by molar-refractivity contribution is 5.26. The zero-order chi connectivity index (χ0) is 16.3. The van der Waals surface area contributed by atoms with Crippen LogP contribution in [0, 0.1) is 0 Å². The van der Waals surface area contributed by atoms with Gasteiger partial charge in [-0.2, -0.15) is 13.2 Å². The van der Waals surface area contributed by atoms with Crippen LogP contribution in [-0.2, 0) is 17.5 Å². The highest BCUT2D eigenvalue weighted by Crippen LogP contribution is 2.31. The minimum Gasteiger partial charge on any atom is -0.371 e. The summed E-state index contributed by atoms with van der Waals surface area (Å²) < 4.78 is 45.6. The molecule has 1 aromatic heterocycles. The molecule has 0 saturated carbocycles. The Kier molecular flexibility index (Phi) is 4.68. The molecule has 0 radical (unpaired) electrons. The van der Waals surface area contributed by atoms with Gasteiger partial charge in [0.05, 0.1) is 24.6 Å². The van der Waals surface area contributed by atoms with Crippen LogP contribution < -0.4 is 0 Å². The average molecular weight is 325 g/mol. The highest BCUT2D eigenvalue weighted by Gasteiger charge is 2.30. The molecule has 0 amide bonds. The first-order valence-corrected chi connectivity index (χ1v) is 7.49. The molecular weight excluding hydrogens is 307 g/mol. The third kappa shape index (κ3) is 4.11. The van der Waals surface area contributed by atoms with Gasteiger partial charge in [-0.05, 0) is 17.7 Å². The zero-order valence-corrected chi connectivity index (χ0v) is 12.5. The van der Waals surface area contributed by atoms with E-state index in [1.54, 1.807) is 12.5 Å². The quantitative estimate of drug-likeness (QED) is 0.866. The van der Waals surface area contributed by atoms with Gasteiger partial charge in [0.15, 0.2) is 0 Å². The Morgan fingerprint density at radius 2 is 1.96 bits per heavy atom. The van der Waals surface area contributed by atoms with Crippen LogP contribution in [0.5, 0.6) is 0 Å². The Morgan fingerprint density at radius 3 is 2.61 bits per heavy atom. The predicted octanol–water partition coefficient (Wildman–Crippen LogP) is 2.98. The molecule has 1 fully saturated rings. The van der Waals surface area contributed by atoms with Crippen molar-refractivity contribution in [2.24, 2.45) is 0 Å². The van der Waals surface area contributed by atoms with Crippen molar-refractivity contribution >= 4 is 0 Å². The lowest BCUT2D eigenvalue weighted by Gasteiger charge is -2.33. The first-order chi connectivity index (χ1) is 11.0. The van der Waals surface area contributed by atoms with Gasteiger partial charge in [-0.15, -0.1) is 0 Å². The number of imidazole rings is 1. The van der Waals surface area contributed by atoms with Crippen LogP contribution in [-0.4, -0.2) is 40.7 Å². The van der Waals surface area contributed by atoms with Gasteiger partial charge >= 0.3 is 6.18 Å². The van der Waals surface area contributed by atoms with Gasteiger partial charge in [0.1, 0.15) is 0 Å². The summed E-state index contributed by atoms with van der Waals surface area (Å²) >= 11 is 0. The number of halogens is 3. The molecule has 2 heterocycles. The van der Waals surface area contributed by atoms with Crippen molar-refractivity contribution < 1.29 is 17.9 Å². The van der Waals surface area contributed by atoms with Crippen LogP contribution in [0.1, 0.15) is 17.2 Å². The van der Waals surface area contributed by atoms with Gasteiger partial charge < -0.3 is 9.30 Å². The van der Waals surface area contributed by atoms with E-state index in [2.05, 4.69) is 9.88 Å². The van der Waals surface area contributed by atoms with E-state index in [0.29, 0.717) is 13.2 Å². The molecule has 4 nitrogen and oxygen atoms in total. The van der Waals surface area contributed by atoms with Crippen LogP contribution >= 0.6 is 0 Å². The van der Waals surface area contributed by atoms with Gasteiger partial charge in [-0.3, -0.25) is 4.90 Å². The minimum absolute atomic E-state index is 0.186. The molecule has 3 rings (SSSR count). The van der Waals surface area contributed by atoms with Gasteiger partial charge in [-0.25, -0.2) is 4.98 Å². The molecule has 0 spiro atoms. The molecular formula is C16H18F3N3O. The van der Waals surface area contributed by atoms with E-state index in [9.17, 15) is 13.2 Å². The fourth-order valence-electron chi connectivity index (χ4n) is 2.67. The highest BCUT2D eigenvalue weighted by atomic mass is 19.4. The third-order valence-corrected chi connectivity index (χ3v) is 3.99. The van der Waals surface area contributed by atoms with E-state index in [-0.39, 0.29) is 6.10 Å². The maximum absolute atomic E-state index is 12.6. The Bertz CT molecular complexity index is 611. The van der Waals surface area contributed by atoms with Crippen molar-refractivity contribution in [1.29, 1.82) is 0 Å². The number of ether oxygens (including phenoxy) is 1. The number of alkyl halides is 3. The number of hydrogen-bond acceptors (Lipinski definition) is 3. The molecule has 23 heavy (non-hydrogen) atoms. The summed E-state index contributed by atoms with van der Waals surface area (Å²) in [5, 5.41) is 0. The predicted molar refractivity (Wildman–Crippen MR) is 78.8 cm³/mol. The lowest BCUT2D eigenvalue weighted by molar-refractivity contribution is -0.137. The van der Waals surface area contributed by atoms with E-state index < -0.39 is 11.7 Å². The van der Waals surface area contributed by atoms with Gasteiger partial charge in [0, 0.05) is 38.6 Å². The molecule has 124 valence electrons. The molecule has 0 N–H and O–H groups in total. The second-order valence-corrected chi connectivity index (χ2v) is 5.58. The van der Waals surface area contributed by atoms with Crippen LogP contribution in [0.4, 0.5) is 13.2 Å². The van der Waals surface area contributed by atoms with E-state index >= 15 is 0 Å². The lowest BCUT2D eigenvalue weighted by Crippen LogP contribution is -2.39. The largest absolute Gasteiger partial charge is 0.416 e. The molecule has 1 unspecified atom stereocenters. The molecule has 1 aromatic carbocycles. The Hall–Kier alpha value is -1.86. The van der Waals surface area contributed by atoms with Crippen molar-refractivity contribution in [2.75, 3.05) is 26.2 Å². The molecule has 0 aliphatic carbocycles. The molecule has 1 aliphatic heterocycles. The summed E-state index contributed by atoms with van der Waals surface area (Å²) in [5.74, 6) is 0. The molecule has 1 saturated heterocycles. The van der Waals surface area contributed by atoms with Crippen LogP contribution in [0.3, 0.4) is 0 Å². The second kappa shape index (κ2) is 6.72.